The fourth-order valence-corrected chi connectivity index (χ4v) is 2.24. The Balaban J connectivity index is 1.95. The van der Waals surface area contributed by atoms with Crippen LogP contribution in [0.4, 0.5) is 5.69 Å². The number of ether oxygens (including phenoxy) is 3. The fraction of sp³-hybridized carbons (Fsp3) is 0.278. The minimum Gasteiger partial charge on any atom is -0.497 e. The van der Waals surface area contributed by atoms with Gasteiger partial charge in [0, 0.05) is 12.2 Å². The van der Waals surface area contributed by atoms with Gasteiger partial charge in [-0.1, -0.05) is 0 Å². The van der Waals surface area contributed by atoms with E-state index in [0.717, 1.165) is 28.5 Å². The molecule has 0 spiro atoms. The summed E-state index contributed by atoms with van der Waals surface area (Å²) in [5, 5.41) is 3.05. The van der Waals surface area contributed by atoms with Crippen molar-refractivity contribution in [3.63, 3.8) is 0 Å². The number of nitrogens with two attached hydrogens (primary N) is 1. The van der Waals surface area contributed by atoms with E-state index in [1.165, 1.54) is 0 Å². The van der Waals surface area contributed by atoms with Gasteiger partial charge in [0.1, 0.15) is 17.2 Å². The summed E-state index contributed by atoms with van der Waals surface area (Å²) in [5.41, 5.74) is 7.80. The molecule has 0 heterocycles. The number of hydrogen-bond acceptors (Lipinski definition) is 4. The molecule has 2 aromatic carbocycles. The molecule has 2 aromatic rings. The molecule has 3 N–H and O–H groups in total. The van der Waals surface area contributed by atoms with Crippen molar-refractivity contribution in [1.82, 2.24) is 0 Å². The van der Waals surface area contributed by atoms with Crippen molar-refractivity contribution in [3.8, 4) is 17.2 Å². The third-order valence-electron chi connectivity index (χ3n) is 3.51. The Bertz CT molecular complexity index is 684. The van der Waals surface area contributed by atoms with Crippen LogP contribution in [0, 0.1) is 0 Å². The second kappa shape index (κ2) is 8.67. The third kappa shape index (κ3) is 4.81. The molecule has 0 saturated carbocycles. The predicted octanol–water partition coefficient (Wildman–Crippen LogP) is 2.68. The average Bonchev–Trinajstić information content (AvgIpc) is 2.62. The number of benzene rings is 2. The number of guanidine groups is 1. The summed E-state index contributed by atoms with van der Waals surface area (Å²) in [4.78, 5) is 4.34. The van der Waals surface area contributed by atoms with Gasteiger partial charge < -0.3 is 25.3 Å². The van der Waals surface area contributed by atoms with Crippen molar-refractivity contribution >= 4 is 11.6 Å². The molecule has 0 fully saturated rings. The fourth-order valence-electron chi connectivity index (χ4n) is 2.24. The molecule has 6 heteroatoms. The summed E-state index contributed by atoms with van der Waals surface area (Å²) in [5.74, 6) is 2.76. The van der Waals surface area contributed by atoms with E-state index in [1.807, 2.05) is 42.5 Å². The van der Waals surface area contributed by atoms with Crippen LogP contribution in [-0.2, 0) is 6.42 Å². The van der Waals surface area contributed by atoms with Gasteiger partial charge in [-0.05, 0) is 54.4 Å². The van der Waals surface area contributed by atoms with Gasteiger partial charge in [0.15, 0.2) is 5.96 Å². The Kier molecular flexibility index (Phi) is 6.31. The van der Waals surface area contributed by atoms with Crippen LogP contribution in [0.1, 0.15) is 5.56 Å². The van der Waals surface area contributed by atoms with Crippen molar-refractivity contribution in [2.45, 2.75) is 6.42 Å². The number of methoxy groups -OCH3 is 3. The first-order valence-corrected chi connectivity index (χ1v) is 7.58. The maximum Gasteiger partial charge on any atom is 0.193 e. The van der Waals surface area contributed by atoms with E-state index in [0.29, 0.717) is 18.9 Å². The lowest BCUT2D eigenvalue weighted by molar-refractivity contribution is 0.399. The summed E-state index contributed by atoms with van der Waals surface area (Å²) >= 11 is 0. The largest absolute Gasteiger partial charge is 0.497 e. The lowest BCUT2D eigenvalue weighted by Gasteiger charge is -2.10. The molecule has 0 saturated heterocycles. The molecule has 6 nitrogen and oxygen atoms in total. The first-order valence-electron chi connectivity index (χ1n) is 7.58. The molecule has 0 aliphatic rings. The molecule has 0 aliphatic carbocycles. The zero-order chi connectivity index (χ0) is 17.4. The van der Waals surface area contributed by atoms with Crippen molar-refractivity contribution in [3.05, 3.63) is 48.0 Å². The minimum atomic E-state index is 0.363. The number of anilines is 1. The maximum atomic E-state index is 5.92. The van der Waals surface area contributed by atoms with Crippen LogP contribution in [0.3, 0.4) is 0 Å². The van der Waals surface area contributed by atoms with Gasteiger partial charge in [0.05, 0.1) is 21.3 Å². The summed E-state index contributed by atoms with van der Waals surface area (Å²) in [6.45, 7) is 0.540. The molecule has 0 unspecified atom stereocenters. The van der Waals surface area contributed by atoms with Crippen molar-refractivity contribution in [1.29, 1.82) is 0 Å². The maximum absolute atomic E-state index is 5.92. The van der Waals surface area contributed by atoms with Crippen LogP contribution < -0.4 is 25.3 Å². The Morgan fingerprint density at radius 2 is 1.62 bits per heavy atom. The quantitative estimate of drug-likeness (QED) is 0.603. The van der Waals surface area contributed by atoms with E-state index in [2.05, 4.69) is 10.3 Å². The molecule has 0 aliphatic heterocycles. The minimum absolute atomic E-state index is 0.363. The van der Waals surface area contributed by atoms with E-state index in [4.69, 9.17) is 19.9 Å². The molecule has 0 atom stereocenters. The van der Waals surface area contributed by atoms with E-state index in [-0.39, 0.29) is 0 Å². The van der Waals surface area contributed by atoms with Crippen LogP contribution in [-0.4, -0.2) is 33.8 Å². The van der Waals surface area contributed by atoms with Gasteiger partial charge in [-0.2, -0.15) is 0 Å². The van der Waals surface area contributed by atoms with Gasteiger partial charge in [0.2, 0.25) is 0 Å². The van der Waals surface area contributed by atoms with E-state index in [9.17, 15) is 0 Å². The van der Waals surface area contributed by atoms with Crippen LogP contribution >= 0.6 is 0 Å². The average molecular weight is 329 g/mol. The number of nitrogens with zero attached hydrogens (tertiary/aromatic N) is 1. The molecule has 0 amide bonds. The standard InChI is InChI=1S/C18H23N3O3/c1-22-15-6-4-14(5-7-15)21-18(19)20-11-10-13-12-16(23-2)8-9-17(13)24-3/h4-9,12H,10-11H2,1-3H3,(H3,19,20,21). The van der Waals surface area contributed by atoms with E-state index >= 15 is 0 Å². The van der Waals surface area contributed by atoms with Crippen LogP contribution in [0.25, 0.3) is 0 Å². The highest BCUT2D eigenvalue weighted by atomic mass is 16.5. The van der Waals surface area contributed by atoms with Gasteiger partial charge in [0.25, 0.3) is 0 Å². The summed E-state index contributed by atoms with van der Waals surface area (Å²) in [6, 6.07) is 13.2. The summed E-state index contributed by atoms with van der Waals surface area (Å²) in [7, 11) is 4.92. The van der Waals surface area contributed by atoms with Crippen LogP contribution in [0.2, 0.25) is 0 Å². The lowest BCUT2D eigenvalue weighted by Crippen LogP contribution is -2.23. The van der Waals surface area contributed by atoms with Gasteiger partial charge >= 0.3 is 0 Å². The van der Waals surface area contributed by atoms with Crippen molar-refractivity contribution in [2.75, 3.05) is 33.2 Å². The van der Waals surface area contributed by atoms with E-state index in [1.54, 1.807) is 21.3 Å². The smallest absolute Gasteiger partial charge is 0.193 e. The summed E-state index contributed by atoms with van der Waals surface area (Å²) in [6.07, 6.45) is 0.700. The first kappa shape index (κ1) is 17.5. The van der Waals surface area contributed by atoms with Gasteiger partial charge in [-0.3, -0.25) is 4.99 Å². The topological polar surface area (TPSA) is 78.1 Å². The molecule has 0 aromatic heterocycles. The number of rotatable bonds is 7. The second-order valence-electron chi connectivity index (χ2n) is 5.05. The Morgan fingerprint density at radius 1 is 0.958 bits per heavy atom. The number of nitrogens with one attached hydrogen (secondary N) is 1. The Hall–Kier alpha value is -2.89. The molecule has 24 heavy (non-hydrogen) atoms. The highest BCUT2D eigenvalue weighted by molar-refractivity contribution is 5.92. The predicted molar refractivity (Wildman–Crippen MR) is 96.4 cm³/mol. The second-order valence-corrected chi connectivity index (χ2v) is 5.05. The molecule has 128 valence electrons. The monoisotopic (exact) mass is 329 g/mol. The van der Waals surface area contributed by atoms with Gasteiger partial charge in [-0.25, -0.2) is 0 Å². The van der Waals surface area contributed by atoms with Crippen molar-refractivity contribution < 1.29 is 14.2 Å². The third-order valence-corrected chi connectivity index (χ3v) is 3.51. The van der Waals surface area contributed by atoms with Crippen LogP contribution in [0.15, 0.2) is 47.5 Å². The van der Waals surface area contributed by atoms with Crippen molar-refractivity contribution in [2.24, 2.45) is 10.7 Å². The molecule has 0 bridgehead atoms. The first-order chi connectivity index (χ1) is 11.7. The van der Waals surface area contributed by atoms with Crippen LogP contribution in [0.5, 0.6) is 17.2 Å². The normalized spacial score (nSPS) is 11.0. The lowest BCUT2D eigenvalue weighted by atomic mass is 10.1. The summed E-state index contributed by atoms with van der Waals surface area (Å²) < 4.78 is 15.7. The number of hydrogen-bond donors (Lipinski definition) is 2. The Morgan fingerprint density at radius 3 is 2.25 bits per heavy atom. The zero-order valence-corrected chi connectivity index (χ0v) is 14.2. The highest BCUT2D eigenvalue weighted by Gasteiger charge is 2.05. The molecular weight excluding hydrogens is 306 g/mol. The van der Waals surface area contributed by atoms with E-state index < -0.39 is 0 Å². The van der Waals surface area contributed by atoms with Gasteiger partial charge in [-0.15, -0.1) is 0 Å². The molecule has 0 radical (unpaired) electrons. The SMILES string of the molecule is COc1ccc(NC(N)=NCCc2cc(OC)ccc2OC)cc1. The zero-order valence-electron chi connectivity index (χ0n) is 14.2. The molecule has 2 rings (SSSR count). The Labute approximate surface area is 142 Å². The highest BCUT2D eigenvalue weighted by Crippen LogP contribution is 2.24. The number of aliphatic imine (C=N–C) groups is 1. The molecular formula is C18H23N3O3.